The first-order valence-electron chi connectivity index (χ1n) is 10.7. The molecule has 2 aliphatic heterocycles. The summed E-state index contributed by atoms with van der Waals surface area (Å²) in [6, 6.07) is 8.76. The van der Waals surface area contributed by atoms with E-state index in [1.165, 1.54) is 23.8 Å². The lowest BCUT2D eigenvalue weighted by atomic mass is 9.59. The molecule has 0 spiro atoms. The van der Waals surface area contributed by atoms with Gasteiger partial charge in [-0.2, -0.15) is 0 Å². The number of methoxy groups -OCH3 is 1. The predicted octanol–water partition coefficient (Wildman–Crippen LogP) is 5.53. The summed E-state index contributed by atoms with van der Waals surface area (Å²) in [5.74, 6) is 1.57. The van der Waals surface area contributed by atoms with E-state index in [9.17, 15) is 4.79 Å². The normalized spacial score (nSPS) is 25.9. The lowest BCUT2D eigenvalue weighted by molar-refractivity contribution is -0.0629. The third-order valence-corrected chi connectivity index (χ3v) is 6.85. The smallest absolute Gasteiger partial charge is 0.291 e. The molecule has 0 N–H and O–H groups in total. The molecule has 5 rings (SSSR count). The maximum absolute atomic E-state index is 12.8. The maximum atomic E-state index is 12.8. The second-order valence-electron chi connectivity index (χ2n) is 9.90. The van der Waals surface area contributed by atoms with E-state index in [1.807, 2.05) is 6.92 Å². The molecule has 2 aromatic rings. The number of fused-ring (bicyclic) bond motifs is 1. The molecular formula is C26H32O4. The van der Waals surface area contributed by atoms with Gasteiger partial charge in [-0.15, -0.1) is 0 Å². The summed E-state index contributed by atoms with van der Waals surface area (Å²) in [6.07, 6.45) is 3.12. The second kappa shape index (κ2) is 7.12. The number of benzene rings is 1. The molecule has 3 fully saturated rings. The first kappa shape index (κ1) is 20.9. The van der Waals surface area contributed by atoms with Crippen molar-refractivity contribution in [2.75, 3.05) is 13.7 Å². The van der Waals surface area contributed by atoms with Crippen LogP contribution in [0.25, 0.3) is 6.08 Å². The number of hydrogen-bond acceptors (Lipinski definition) is 4. The van der Waals surface area contributed by atoms with Gasteiger partial charge in [0.05, 0.1) is 19.3 Å². The Hall–Kier alpha value is -2.33. The summed E-state index contributed by atoms with van der Waals surface area (Å²) in [6.45, 7) is 13.1. The second-order valence-corrected chi connectivity index (χ2v) is 9.90. The topological polar surface area (TPSA) is 48.7 Å². The fourth-order valence-electron chi connectivity index (χ4n) is 5.21. The fraction of sp³-hybridized carbons (Fsp3) is 0.500. The molecule has 4 heteroatoms. The SMILES string of the molecule is COc1oc([C@]23CC(CO2)C3C(C)=Cc2ccc(C(C)(C)C)cc2)c(C)c(=O)c1C. The van der Waals surface area contributed by atoms with E-state index < -0.39 is 5.60 Å². The van der Waals surface area contributed by atoms with Crippen molar-refractivity contribution in [1.82, 2.24) is 0 Å². The molecular weight excluding hydrogens is 376 g/mol. The third kappa shape index (κ3) is 3.13. The zero-order chi connectivity index (χ0) is 21.8. The van der Waals surface area contributed by atoms with Gasteiger partial charge in [0.25, 0.3) is 5.95 Å². The molecule has 0 amide bonds. The van der Waals surface area contributed by atoms with Gasteiger partial charge in [-0.1, -0.05) is 56.7 Å². The van der Waals surface area contributed by atoms with Crippen molar-refractivity contribution in [3.05, 3.63) is 68.1 Å². The van der Waals surface area contributed by atoms with Crippen molar-refractivity contribution in [3.8, 4) is 5.95 Å². The van der Waals surface area contributed by atoms with Crippen LogP contribution in [0.5, 0.6) is 5.95 Å². The minimum Gasteiger partial charge on any atom is -0.468 e. The van der Waals surface area contributed by atoms with Crippen LogP contribution in [-0.2, 0) is 15.8 Å². The molecule has 3 aliphatic rings. The van der Waals surface area contributed by atoms with E-state index in [-0.39, 0.29) is 22.7 Å². The molecule has 160 valence electrons. The first-order chi connectivity index (χ1) is 14.1. The quantitative estimate of drug-likeness (QED) is 0.668. The number of hydrogen-bond donors (Lipinski definition) is 0. The molecule has 3 atom stereocenters. The van der Waals surface area contributed by atoms with Crippen LogP contribution >= 0.6 is 0 Å². The Morgan fingerprint density at radius 1 is 1.17 bits per heavy atom. The van der Waals surface area contributed by atoms with Crippen LogP contribution in [-0.4, -0.2) is 13.7 Å². The average molecular weight is 409 g/mol. The Balaban J connectivity index is 1.70. The van der Waals surface area contributed by atoms with Crippen LogP contribution < -0.4 is 10.2 Å². The van der Waals surface area contributed by atoms with Gasteiger partial charge in [-0.3, -0.25) is 4.79 Å². The maximum Gasteiger partial charge on any atom is 0.291 e. The molecule has 1 aliphatic carbocycles. The molecule has 2 bridgehead atoms. The van der Waals surface area contributed by atoms with E-state index in [2.05, 4.69) is 58.0 Å². The highest BCUT2D eigenvalue weighted by atomic mass is 16.6. The van der Waals surface area contributed by atoms with E-state index >= 15 is 0 Å². The fourth-order valence-corrected chi connectivity index (χ4v) is 5.21. The first-order valence-corrected chi connectivity index (χ1v) is 10.7. The van der Waals surface area contributed by atoms with Crippen LogP contribution in [0.15, 0.2) is 39.1 Å². The van der Waals surface area contributed by atoms with Crippen molar-refractivity contribution in [2.45, 2.75) is 59.0 Å². The van der Waals surface area contributed by atoms with Gasteiger partial charge in [0.2, 0.25) is 0 Å². The van der Waals surface area contributed by atoms with Gasteiger partial charge < -0.3 is 13.9 Å². The van der Waals surface area contributed by atoms with Crippen molar-refractivity contribution < 1.29 is 13.9 Å². The van der Waals surface area contributed by atoms with Crippen LogP contribution in [0.3, 0.4) is 0 Å². The summed E-state index contributed by atoms with van der Waals surface area (Å²) >= 11 is 0. The molecule has 0 radical (unpaired) electrons. The summed E-state index contributed by atoms with van der Waals surface area (Å²) in [5, 5.41) is 0. The molecule has 2 unspecified atom stereocenters. The Bertz CT molecular complexity index is 1050. The van der Waals surface area contributed by atoms with Gasteiger partial charge in [0, 0.05) is 11.5 Å². The molecule has 1 saturated carbocycles. The van der Waals surface area contributed by atoms with E-state index in [1.54, 1.807) is 6.92 Å². The predicted molar refractivity (Wildman–Crippen MR) is 119 cm³/mol. The van der Waals surface area contributed by atoms with Crippen LogP contribution in [0.4, 0.5) is 0 Å². The summed E-state index contributed by atoms with van der Waals surface area (Å²) < 4.78 is 17.7. The Labute approximate surface area is 178 Å². The van der Waals surface area contributed by atoms with Crippen molar-refractivity contribution in [3.63, 3.8) is 0 Å². The van der Waals surface area contributed by atoms with Crippen LogP contribution in [0.1, 0.15) is 62.1 Å². The highest BCUT2D eigenvalue weighted by molar-refractivity contribution is 5.55. The van der Waals surface area contributed by atoms with Crippen molar-refractivity contribution in [1.29, 1.82) is 0 Å². The van der Waals surface area contributed by atoms with Gasteiger partial charge in [-0.25, -0.2) is 0 Å². The van der Waals surface area contributed by atoms with Gasteiger partial charge in [0.15, 0.2) is 5.43 Å². The zero-order valence-electron chi connectivity index (χ0n) is 19.1. The van der Waals surface area contributed by atoms with E-state index in [4.69, 9.17) is 13.9 Å². The zero-order valence-corrected chi connectivity index (χ0v) is 19.1. The Morgan fingerprint density at radius 2 is 1.83 bits per heavy atom. The summed E-state index contributed by atoms with van der Waals surface area (Å²) in [5.41, 5.74) is 4.44. The average Bonchev–Trinajstić information content (AvgIpc) is 3.27. The molecule has 4 nitrogen and oxygen atoms in total. The highest BCUT2D eigenvalue weighted by Crippen LogP contribution is 2.63. The van der Waals surface area contributed by atoms with Crippen LogP contribution in [0.2, 0.25) is 0 Å². The lowest BCUT2D eigenvalue weighted by Crippen LogP contribution is -2.46. The van der Waals surface area contributed by atoms with Gasteiger partial charge in [-0.05, 0) is 49.7 Å². The van der Waals surface area contributed by atoms with Crippen LogP contribution in [0, 0.1) is 25.7 Å². The minimum absolute atomic E-state index is 0.0282. The molecule has 3 heterocycles. The lowest BCUT2D eigenvalue weighted by Gasteiger charge is -2.45. The van der Waals surface area contributed by atoms with E-state index in [0.717, 1.165) is 6.42 Å². The van der Waals surface area contributed by atoms with Gasteiger partial charge in [0.1, 0.15) is 11.4 Å². The third-order valence-electron chi connectivity index (χ3n) is 6.85. The molecule has 2 saturated heterocycles. The van der Waals surface area contributed by atoms with Crippen molar-refractivity contribution >= 4 is 6.08 Å². The molecule has 1 aromatic heterocycles. The molecule has 1 aromatic carbocycles. The van der Waals surface area contributed by atoms with E-state index in [0.29, 0.717) is 29.4 Å². The largest absolute Gasteiger partial charge is 0.468 e. The van der Waals surface area contributed by atoms with Gasteiger partial charge >= 0.3 is 0 Å². The highest BCUT2D eigenvalue weighted by Gasteiger charge is 2.64. The minimum atomic E-state index is -0.569. The standard InChI is InChI=1S/C26H32O4/c1-15(12-18-8-10-20(11-9-18)25(4,5)6)21-19-13-26(21,29-14-19)23-16(2)22(27)17(3)24(28-7)30-23/h8-12,19,21H,13-14H2,1-7H3/t19?,21?,26-/m1/s1. The number of rotatable bonds is 4. The van der Waals surface area contributed by atoms with Crippen molar-refractivity contribution in [2.24, 2.45) is 11.8 Å². The summed E-state index contributed by atoms with van der Waals surface area (Å²) in [4.78, 5) is 12.8. The Kier molecular flexibility index (Phi) is 4.97. The monoisotopic (exact) mass is 408 g/mol. The summed E-state index contributed by atoms with van der Waals surface area (Å²) in [7, 11) is 1.53. The molecule has 30 heavy (non-hydrogen) atoms. The Morgan fingerprint density at radius 3 is 2.40 bits per heavy atom. The number of ether oxygens (including phenoxy) is 2.